The van der Waals surface area contributed by atoms with Crippen molar-refractivity contribution in [1.29, 1.82) is 0 Å². The molecule has 4 rings (SSSR count). The summed E-state index contributed by atoms with van der Waals surface area (Å²) in [5.74, 6) is -0.725. The molecule has 1 aromatic heterocycles. The zero-order valence-electron chi connectivity index (χ0n) is 19.3. The van der Waals surface area contributed by atoms with Gasteiger partial charge in [-0.15, -0.1) is 0 Å². The number of Topliss-reactive ketones (excluding diaryl/α,β-unsaturated/α-hetero) is 1. The van der Waals surface area contributed by atoms with Crippen LogP contribution in [-0.2, 0) is 9.63 Å². The van der Waals surface area contributed by atoms with Crippen molar-refractivity contribution in [3.05, 3.63) is 101 Å². The number of aldehydes is 1. The molecule has 0 spiro atoms. The number of carbonyl (C=O) groups excluding carboxylic acids is 3. The lowest BCUT2D eigenvalue weighted by Crippen LogP contribution is -2.27. The predicted octanol–water partition coefficient (Wildman–Crippen LogP) is 3.88. The van der Waals surface area contributed by atoms with E-state index in [4.69, 9.17) is 19.1 Å². The molecule has 10 nitrogen and oxygen atoms in total. The first-order chi connectivity index (χ1) is 18.0. The van der Waals surface area contributed by atoms with Gasteiger partial charge in [-0.05, 0) is 42.5 Å². The summed E-state index contributed by atoms with van der Waals surface area (Å²) in [5.41, 5.74) is -1.23. The molecular formula is C27H20N2O8. The zero-order chi connectivity index (χ0) is 26.2. The SMILES string of the molecule is O=C/C(=N/OC(=O)N(c1ccccc1)c1ccccc1)C(=O)c1cc2ccc(OCCO)cc2oc1=O. The molecule has 1 N–H and O–H groups in total. The van der Waals surface area contributed by atoms with E-state index in [0.717, 1.165) is 0 Å². The van der Waals surface area contributed by atoms with Gasteiger partial charge < -0.3 is 14.3 Å². The van der Waals surface area contributed by atoms with Crippen LogP contribution in [0.1, 0.15) is 10.4 Å². The Morgan fingerprint density at radius 3 is 2.19 bits per heavy atom. The number of anilines is 2. The summed E-state index contributed by atoms with van der Waals surface area (Å²) in [6, 6.07) is 22.9. The fourth-order valence-electron chi connectivity index (χ4n) is 3.40. The predicted molar refractivity (Wildman–Crippen MR) is 134 cm³/mol. The number of amides is 1. The summed E-state index contributed by atoms with van der Waals surface area (Å²) in [4.78, 5) is 56.1. The second-order valence-corrected chi connectivity index (χ2v) is 7.51. The second kappa shape index (κ2) is 11.6. The topological polar surface area (TPSA) is 136 Å². The average molecular weight is 500 g/mol. The summed E-state index contributed by atoms with van der Waals surface area (Å²) < 4.78 is 10.5. The zero-order valence-corrected chi connectivity index (χ0v) is 19.3. The van der Waals surface area contributed by atoms with E-state index in [9.17, 15) is 19.2 Å². The van der Waals surface area contributed by atoms with E-state index >= 15 is 0 Å². The number of ketones is 1. The Kier molecular flexibility index (Phi) is 7.82. The highest BCUT2D eigenvalue weighted by Gasteiger charge is 2.23. The van der Waals surface area contributed by atoms with Gasteiger partial charge in [-0.2, -0.15) is 0 Å². The number of ether oxygens (including phenoxy) is 1. The van der Waals surface area contributed by atoms with Crippen LogP contribution in [0.5, 0.6) is 5.75 Å². The third-order valence-corrected chi connectivity index (χ3v) is 5.09. The molecule has 0 saturated carbocycles. The van der Waals surface area contributed by atoms with Crippen LogP contribution in [0, 0.1) is 0 Å². The summed E-state index contributed by atoms with van der Waals surface area (Å²) in [7, 11) is 0. The number of hydrogen-bond acceptors (Lipinski definition) is 9. The lowest BCUT2D eigenvalue weighted by molar-refractivity contribution is -0.102. The number of aliphatic hydroxyl groups is 1. The summed E-state index contributed by atoms with van der Waals surface area (Å²) >= 11 is 0. The van der Waals surface area contributed by atoms with Crippen LogP contribution in [0.25, 0.3) is 11.0 Å². The van der Waals surface area contributed by atoms with Crippen molar-refractivity contribution in [3.8, 4) is 5.75 Å². The summed E-state index contributed by atoms with van der Waals surface area (Å²) in [5, 5.41) is 12.7. The quantitative estimate of drug-likeness (QED) is 0.0696. The number of para-hydroxylation sites is 2. The molecule has 0 aliphatic rings. The number of carbonyl (C=O) groups is 3. The van der Waals surface area contributed by atoms with Crippen molar-refractivity contribution in [2.45, 2.75) is 0 Å². The lowest BCUT2D eigenvalue weighted by atomic mass is 10.1. The molecule has 0 aliphatic heterocycles. The van der Waals surface area contributed by atoms with Crippen molar-refractivity contribution in [2.24, 2.45) is 5.16 Å². The first-order valence-corrected chi connectivity index (χ1v) is 11.0. The van der Waals surface area contributed by atoms with Gasteiger partial charge >= 0.3 is 11.7 Å². The van der Waals surface area contributed by atoms with Crippen LogP contribution in [0.15, 0.2) is 99.3 Å². The Bertz CT molecular complexity index is 1470. The van der Waals surface area contributed by atoms with Crippen LogP contribution < -0.4 is 15.3 Å². The second-order valence-electron chi connectivity index (χ2n) is 7.51. The van der Waals surface area contributed by atoms with E-state index in [-0.39, 0.29) is 25.1 Å². The number of fused-ring (bicyclic) bond motifs is 1. The Morgan fingerprint density at radius 1 is 0.946 bits per heavy atom. The molecule has 0 atom stereocenters. The molecule has 0 unspecified atom stereocenters. The largest absolute Gasteiger partial charge is 0.491 e. The van der Waals surface area contributed by atoms with E-state index < -0.39 is 28.8 Å². The molecule has 0 radical (unpaired) electrons. The van der Waals surface area contributed by atoms with E-state index in [1.165, 1.54) is 23.1 Å². The van der Waals surface area contributed by atoms with Crippen molar-refractivity contribution in [2.75, 3.05) is 18.1 Å². The third-order valence-electron chi connectivity index (χ3n) is 5.09. The fraction of sp³-hybridized carbons (Fsp3) is 0.0741. The number of benzene rings is 3. The number of rotatable bonds is 9. The maximum absolute atomic E-state index is 12.9. The van der Waals surface area contributed by atoms with Gasteiger partial charge in [0, 0.05) is 11.5 Å². The van der Waals surface area contributed by atoms with Gasteiger partial charge in [-0.25, -0.2) is 14.5 Å². The minimum Gasteiger partial charge on any atom is -0.491 e. The molecule has 37 heavy (non-hydrogen) atoms. The van der Waals surface area contributed by atoms with Crippen LogP contribution in [-0.4, -0.2) is 42.2 Å². The monoisotopic (exact) mass is 500 g/mol. The van der Waals surface area contributed by atoms with Crippen LogP contribution in [0.2, 0.25) is 0 Å². The molecule has 0 saturated heterocycles. The number of hydrogen-bond donors (Lipinski definition) is 1. The van der Waals surface area contributed by atoms with Gasteiger partial charge in [-0.3, -0.25) is 14.4 Å². The molecule has 1 amide bonds. The molecule has 0 bridgehead atoms. The lowest BCUT2D eigenvalue weighted by Gasteiger charge is -2.20. The van der Waals surface area contributed by atoms with E-state index in [2.05, 4.69) is 5.16 Å². The van der Waals surface area contributed by atoms with Gasteiger partial charge in [-0.1, -0.05) is 41.6 Å². The van der Waals surface area contributed by atoms with Crippen molar-refractivity contribution in [1.82, 2.24) is 0 Å². The highest BCUT2D eigenvalue weighted by atomic mass is 16.7. The Labute approximate surface area is 209 Å². The molecule has 0 fully saturated rings. The molecule has 4 aromatic rings. The summed E-state index contributed by atoms with van der Waals surface area (Å²) in [6.07, 6.45) is -0.897. The minimum atomic E-state index is -1.08. The Hall–Kier alpha value is -5.09. The van der Waals surface area contributed by atoms with Gasteiger partial charge in [0.2, 0.25) is 5.78 Å². The summed E-state index contributed by atoms with van der Waals surface area (Å²) in [6.45, 7) is -0.140. The molecule has 0 aliphatic carbocycles. The Morgan fingerprint density at radius 2 is 1.59 bits per heavy atom. The Balaban J connectivity index is 1.60. The van der Waals surface area contributed by atoms with Crippen molar-refractivity contribution < 1.29 is 33.5 Å². The number of nitrogens with zero attached hydrogens (tertiary/aromatic N) is 2. The normalized spacial score (nSPS) is 11.1. The maximum Gasteiger partial charge on any atom is 0.445 e. The minimum absolute atomic E-state index is 0.0517. The maximum atomic E-state index is 12.9. The van der Waals surface area contributed by atoms with E-state index in [1.54, 1.807) is 66.7 Å². The van der Waals surface area contributed by atoms with Crippen LogP contribution in [0.3, 0.4) is 0 Å². The molecule has 186 valence electrons. The van der Waals surface area contributed by atoms with E-state index in [0.29, 0.717) is 22.5 Å². The van der Waals surface area contributed by atoms with Crippen molar-refractivity contribution >= 4 is 46.2 Å². The number of oxime groups is 1. The van der Waals surface area contributed by atoms with E-state index in [1.807, 2.05) is 0 Å². The molecule has 10 heteroatoms. The third kappa shape index (κ3) is 5.77. The smallest absolute Gasteiger partial charge is 0.445 e. The molecule has 1 heterocycles. The van der Waals surface area contributed by atoms with Crippen LogP contribution >= 0.6 is 0 Å². The van der Waals surface area contributed by atoms with Gasteiger partial charge in [0.15, 0.2) is 12.0 Å². The average Bonchev–Trinajstić information content (AvgIpc) is 2.93. The highest BCUT2D eigenvalue weighted by Crippen LogP contribution is 2.26. The molecular weight excluding hydrogens is 480 g/mol. The van der Waals surface area contributed by atoms with Crippen LogP contribution in [0.4, 0.5) is 16.2 Å². The van der Waals surface area contributed by atoms with Gasteiger partial charge in [0.25, 0.3) is 0 Å². The fourth-order valence-corrected chi connectivity index (χ4v) is 3.40. The van der Waals surface area contributed by atoms with Gasteiger partial charge in [0.1, 0.15) is 23.5 Å². The first kappa shape index (κ1) is 25.0. The van der Waals surface area contributed by atoms with Gasteiger partial charge in [0.05, 0.1) is 18.0 Å². The highest BCUT2D eigenvalue weighted by molar-refractivity contribution is 6.63. The standard InChI is InChI=1S/C27H20N2O8/c30-13-14-35-21-12-11-18-15-22(26(33)36-24(18)16-21)25(32)23(17-31)28-37-27(34)29(19-7-3-1-4-8-19)20-9-5-2-6-10-20/h1-12,15-17,30H,13-14H2/b28-23-. The first-order valence-electron chi connectivity index (χ1n) is 11.0. The number of aliphatic hydroxyl groups excluding tert-OH is 1. The molecule has 3 aromatic carbocycles. The van der Waals surface area contributed by atoms with Crippen molar-refractivity contribution in [3.63, 3.8) is 0 Å².